The van der Waals surface area contributed by atoms with Gasteiger partial charge >= 0.3 is 0 Å². The average molecular weight is 265 g/mol. The van der Waals surface area contributed by atoms with Crippen LogP contribution in [-0.2, 0) is 0 Å². The van der Waals surface area contributed by atoms with E-state index in [1.54, 1.807) is 27.9 Å². The molecule has 0 unspecified atom stereocenters. The highest BCUT2D eigenvalue weighted by Crippen LogP contribution is 2.32. The number of fused-ring (bicyclic) bond motifs is 1. The molecule has 0 atom stereocenters. The highest BCUT2D eigenvalue weighted by molar-refractivity contribution is 7.15. The zero-order chi connectivity index (χ0) is 12.0. The normalized spacial score (nSPS) is 11.2. The number of aromatic nitrogens is 2. The molecule has 0 saturated heterocycles. The zero-order valence-corrected chi connectivity index (χ0v) is 10.6. The van der Waals surface area contributed by atoms with Crippen molar-refractivity contribution in [1.82, 2.24) is 9.38 Å². The van der Waals surface area contributed by atoms with Crippen LogP contribution in [0.4, 0.5) is 0 Å². The molecule has 0 aliphatic heterocycles. The van der Waals surface area contributed by atoms with Gasteiger partial charge in [0.25, 0.3) is 0 Å². The molecule has 86 valence electrons. The van der Waals surface area contributed by atoms with E-state index in [-0.39, 0.29) is 5.88 Å². The molecule has 3 aromatic rings. The Morgan fingerprint density at radius 3 is 2.82 bits per heavy atom. The molecule has 0 amide bonds. The fourth-order valence-corrected chi connectivity index (χ4v) is 2.88. The molecule has 0 radical (unpaired) electrons. The molecular formula is C12H9ClN2OS. The van der Waals surface area contributed by atoms with Crippen molar-refractivity contribution >= 4 is 28.5 Å². The molecule has 5 heteroatoms. The third-order valence-corrected chi connectivity index (χ3v) is 3.83. The minimum atomic E-state index is 0.142. The van der Waals surface area contributed by atoms with E-state index in [1.165, 1.54) is 4.88 Å². The molecule has 0 saturated carbocycles. The molecule has 0 fully saturated rings. The average Bonchev–Trinajstić information content (AvgIpc) is 2.85. The summed E-state index contributed by atoms with van der Waals surface area (Å²) < 4.78 is 1.66. The van der Waals surface area contributed by atoms with Crippen LogP contribution in [0.1, 0.15) is 4.88 Å². The van der Waals surface area contributed by atoms with Crippen LogP contribution < -0.4 is 0 Å². The Morgan fingerprint density at radius 2 is 2.12 bits per heavy atom. The summed E-state index contributed by atoms with van der Waals surface area (Å²) in [6.07, 6.45) is 0. The maximum Gasteiger partial charge on any atom is 0.197 e. The minimum Gasteiger partial charge on any atom is -0.494 e. The Bertz CT molecular complexity index is 702. The number of nitrogens with zero attached hydrogens (tertiary/aromatic N) is 2. The Labute approximate surface area is 107 Å². The van der Waals surface area contributed by atoms with Crippen molar-refractivity contribution in [3.05, 3.63) is 40.4 Å². The van der Waals surface area contributed by atoms with Crippen LogP contribution in [0.2, 0.25) is 5.15 Å². The van der Waals surface area contributed by atoms with Gasteiger partial charge in [-0.15, -0.1) is 11.3 Å². The molecule has 0 spiro atoms. The van der Waals surface area contributed by atoms with Crippen LogP contribution in [0.15, 0.2) is 30.3 Å². The molecule has 17 heavy (non-hydrogen) atoms. The molecule has 3 heterocycles. The van der Waals surface area contributed by atoms with Gasteiger partial charge < -0.3 is 5.11 Å². The molecule has 0 aliphatic rings. The lowest BCUT2D eigenvalue weighted by Gasteiger charge is -2.01. The van der Waals surface area contributed by atoms with E-state index in [4.69, 9.17) is 11.6 Å². The number of pyridine rings is 1. The summed E-state index contributed by atoms with van der Waals surface area (Å²) in [5, 5.41) is 10.3. The van der Waals surface area contributed by atoms with E-state index < -0.39 is 0 Å². The van der Waals surface area contributed by atoms with Gasteiger partial charge in [-0.05, 0) is 31.2 Å². The predicted molar refractivity (Wildman–Crippen MR) is 69.9 cm³/mol. The predicted octanol–water partition coefficient (Wildman–Crippen LogP) is 3.73. The third kappa shape index (κ3) is 1.61. The van der Waals surface area contributed by atoms with Crippen LogP contribution in [0.5, 0.6) is 5.88 Å². The van der Waals surface area contributed by atoms with Gasteiger partial charge in [-0.2, -0.15) is 0 Å². The number of hydrogen-bond acceptors (Lipinski definition) is 3. The lowest BCUT2D eigenvalue weighted by atomic mass is 10.4. The van der Waals surface area contributed by atoms with Gasteiger partial charge in [-0.1, -0.05) is 17.7 Å². The molecule has 0 aromatic carbocycles. The summed E-state index contributed by atoms with van der Waals surface area (Å²) in [4.78, 5) is 6.50. The number of aromatic hydroxyl groups is 1. The fourth-order valence-electron chi connectivity index (χ4n) is 1.80. The van der Waals surface area contributed by atoms with E-state index in [1.807, 2.05) is 25.1 Å². The van der Waals surface area contributed by atoms with Crippen molar-refractivity contribution in [2.24, 2.45) is 0 Å². The van der Waals surface area contributed by atoms with Gasteiger partial charge in [-0.25, -0.2) is 4.98 Å². The van der Waals surface area contributed by atoms with Crippen LogP contribution in [0.25, 0.3) is 16.2 Å². The van der Waals surface area contributed by atoms with Crippen LogP contribution >= 0.6 is 22.9 Å². The Hall–Kier alpha value is -1.52. The van der Waals surface area contributed by atoms with Gasteiger partial charge in [0.15, 0.2) is 16.9 Å². The molecule has 3 rings (SSSR count). The molecule has 1 N–H and O–H groups in total. The number of rotatable bonds is 1. The first-order valence-corrected chi connectivity index (χ1v) is 6.29. The summed E-state index contributed by atoms with van der Waals surface area (Å²) in [5.41, 5.74) is 0.715. The second kappa shape index (κ2) is 3.75. The van der Waals surface area contributed by atoms with Crippen molar-refractivity contribution in [2.45, 2.75) is 6.92 Å². The first-order valence-electron chi connectivity index (χ1n) is 5.09. The topological polar surface area (TPSA) is 37.5 Å². The monoisotopic (exact) mass is 264 g/mol. The van der Waals surface area contributed by atoms with E-state index in [0.717, 1.165) is 4.88 Å². The molecule has 3 aromatic heterocycles. The smallest absolute Gasteiger partial charge is 0.197 e. The van der Waals surface area contributed by atoms with Gasteiger partial charge in [0.1, 0.15) is 0 Å². The Morgan fingerprint density at radius 1 is 1.29 bits per heavy atom. The largest absolute Gasteiger partial charge is 0.494 e. The number of hydrogen-bond donors (Lipinski definition) is 1. The number of aryl methyl sites for hydroxylation is 1. The second-order valence-electron chi connectivity index (χ2n) is 3.74. The minimum absolute atomic E-state index is 0.142. The van der Waals surface area contributed by atoms with Crippen LogP contribution in [-0.4, -0.2) is 14.5 Å². The lowest BCUT2D eigenvalue weighted by molar-refractivity contribution is 0.447. The Kier molecular flexibility index (Phi) is 2.34. The maximum atomic E-state index is 9.90. The number of halogens is 1. The summed E-state index contributed by atoms with van der Waals surface area (Å²) in [7, 11) is 0. The van der Waals surface area contributed by atoms with Crippen LogP contribution in [0.3, 0.4) is 0 Å². The molecule has 0 bridgehead atoms. The van der Waals surface area contributed by atoms with Crippen LogP contribution in [0, 0.1) is 6.92 Å². The van der Waals surface area contributed by atoms with Crippen molar-refractivity contribution in [2.75, 3.05) is 0 Å². The van der Waals surface area contributed by atoms with E-state index in [9.17, 15) is 5.11 Å². The fraction of sp³-hybridized carbons (Fsp3) is 0.0833. The highest BCUT2D eigenvalue weighted by Gasteiger charge is 2.14. The van der Waals surface area contributed by atoms with E-state index >= 15 is 0 Å². The number of imidazole rings is 1. The van der Waals surface area contributed by atoms with Crippen molar-refractivity contribution in [1.29, 1.82) is 0 Å². The van der Waals surface area contributed by atoms with Crippen molar-refractivity contribution in [3.63, 3.8) is 0 Å². The first-order chi connectivity index (χ1) is 8.16. The molecule has 0 aliphatic carbocycles. The summed E-state index contributed by atoms with van der Waals surface area (Å²) in [6, 6.07) is 9.21. The number of thiophene rings is 1. The van der Waals surface area contributed by atoms with Crippen molar-refractivity contribution in [3.8, 4) is 16.6 Å². The zero-order valence-electron chi connectivity index (χ0n) is 9.01. The van der Waals surface area contributed by atoms with Gasteiger partial charge in [-0.3, -0.25) is 4.40 Å². The maximum absolute atomic E-state index is 9.90. The Balaban J connectivity index is 2.37. The first kappa shape index (κ1) is 10.6. The summed E-state index contributed by atoms with van der Waals surface area (Å²) in [5.74, 6) is 0.823. The molecular weight excluding hydrogens is 256 g/mol. The van der Waals surface area contributed by atoms with Gasteiger partial charge in [0.05, 0.1) is 10.4 Å². The third-order valence-electron chi connectivity index (χ3n) is 2.56. The summed E-state index contributed by atoms with van der Waals surface area (Å²) >= 11 is 7.69. The van der Waals surface area contributed by atoms with Crippen molar-refractivity contribution < 1.29 is 5.11 Å². The SMILES string of the molecule is Cc1ccc(-c2nc(Cl)c3cccc(O)n23)s1. The van der Waals surface area contributed by atoms with E-state index in [2.05, 4.69) is 4.98 Å². The van der Waals surface area contributed by atoms with Gasteiger partial charge in [0, 0.05) is 4.88 Å². The highest BCUT2D eigenvalue weighted by atomic mass is 35.5. The second-order valence-corrected chi connectivity index (χ2v) is 5.39. The summed E-state index contributed by atoms with van der Waals surface area (Å²) in [6.45, 7) is 2.03. The standard InChI is InChI=1S/C12H9ClN2OS/c1-7-5-6-9(17-7)12-14-11(13)8-3-2-4-10(16)15(8)12/h2-6,16H,1H3. The van der Waals surface area contributed by atoms with E-state index in [0.29, 0.717) is 16.5 Å². The molecule has 3 nitrogen and oxygen atoms in total. The quantitative estimate of drug-likeness (QED) is 0.727. The van der Waals surface area contributed by atoms with Gasteiger partial charge in [0.2, 0.25) is 0 Å². The lowest BCUT2D eigenvalue weighted by Crippen LogP contribution is -1.87.